The molecule has 0 fully saturated rings. The first-order valence-corrected chi connectivity index (χ1v) is 12.3. The third-order valence-electron chi connectivity index (χ3n) is 6.14. The van der Waals surface area contributed by atoms with Crippen molar-refractivity contribution in [2.75, 3.05) is 48.8 Å². The predicted molar refractivity (Wildman–Crippen MR) is 142 cm³/mol. The van der Waals surface area contributed by atoms with Crippen molar-refractivity contribution in [2.24, 2.45) is 0 Å². The maximum atomic E-state index is 13.5. The van der Waals surface area contributed by atoms with Crippen LogP contribution in [0, 0.1) is 0 Å². The number of carbonyl (C=O) groups excluding carboxylic acids is 1. The first-order valence-electron chi connectivity index (χ1n) is 12.3. The molecule has 1 amide bonds. The summed E-state index contributed by atoms with van der Waals surface area (Å²) in [5.74, 6) is 1.02. The lowest BCUT2D eigenvalue weighted by atomic mass is 10.2. The zero-order valence-corrected chi connectivity index (χ0v) is 21.2. The zero-order chi connectivity index (χ0) is 25.8. The fourth-order valence-corrected chi connectivity index (χ4v) is 4.31. The molecular formula is C26H30N10O. The van der Waals surface area contributed by atoms with Gasteiger partial charge in [0.2, 0.25) is 5.95 Å². The number of anilines is 3. The van der Waals surface area contributed by atoms with Crippen molar-refractivity contribution in [3.8, 4) is 5.69 Å². The van der Waals surface area contributed by atoms with Crippen molar-refractivity contribution < 1.29 is 4.79 Å². The molecule has 0 saturated heterocycles. The average molecular weight is 499 g/mol. The van der Waals surface area contributed by atoms with Gasteiger partial charge in [0.05, 0.1) is 23.3 Å². The van der Waals surface area contributed by atoms with Crippen LogP contribution in [0.5, 0.6) is 0 Å². The van der Waals surface area contributed by atoms with Crippen LogP contribution >= 0.6 is 0 Å². The third-order valence-corrected chi connectivity index (χ3v) is 6.14. The molecule has 5 rings (SSSR count). The van der Waals surface area contributed by atoms with E-state index >= 15 is 0 Å². The van der Waals surface area contributed by atoms with E-state index in [2.05, 4.69) is 35.5 Å². The maximum absolute atomic E-state index is 13.5. The molecule has 4 heterocycles. The number of hydrogen-bond donors (Lipinski definition) is 1. The van der Waals surface area contributed by atoms with Crippen molar-refractivity contribution in [1.29, 1.82) is 0 Å². The van der Waals surface area contributed by atoms with Crippen LogP contribution < -0.4 is 15.1 Å². The van der Waals surface area contributed by atoms with Crippen LogP contribution in [0.15, 0.2) is 61.1 Å². The van der Waals surface area contributed by atoms with Crippen molar-refractivity contribution >= 4 is 23.4 Å². The number of aromatic nitrogens is 6. The summed E-state index contributed by atoms with van der Waals surface area (Å²) in [5, 5.41) is 11.8. The van der Waals surface area contributed by atoms with E-state index in [9.17, 15) is 4.79 Å². The van der Waals surface area contributed by atoms with E-state index in [1.165, 1.54) is 0 Å². The predicted octanol–water partition coefficient (Wildman–Crippen LogP) is 2.61. The highest BCUT2D eigenvalue weighted by Crippen LogP contribution is 2.27. The Morgan fingerprint density at radius 2 is 1.86 bits per heavy atom. The van der Waals surface area contributed by atoms with E-state index in [4.69, 9.17) is 0 Å². The van der Waals surface area contributed by atoms with Crippen LogP contribution in [-0.2, 0) is 13.1 Å². The van der Waals surface area contributed by atoms with Gasteiger partial charge in [-0.2, -0.15) is 4.98 Å². The number of rotatable bonds is 8. The quantitative estimate of drug-likeness (QED) is 0.392. The van der Waals surface area contributed by atoms with Crippen LogP contribution in [0.2, 0.25) is 0 Å². The highest BCUT2D eigenvalue weighted by atomic mass is 16.2. The second-order valence-corrected chi connectivity index (χ2v) is 9.01. The van der Waals surface area contributed by atoms with E-state index in [0.29, 0.717) is 43.5 Å². The maximum Gasteiger partial charge on any atom is 0.263 e. The topological polar surface area (TPSA) is 108 Å². The fourth-order valence-electron chi connectivity index (χ4n) is 4.31. The Bertz CT molecular complexity index is 1370. The molecular weight excluding hydrogens is 468 g/mol. The summed E-state index contributed by atoms with van der Waals surface area (Å²) in [6.45, 7) is 5.21. The summed E-state index contributed by atoms with van der Waals surface area (Å²) in [6, 6.07) is 13.7. The Balaban J connectivity index is 1.34. The molecule has 0 radical (unpaired) electrons. The Hall–Kier alpha value is -4.38. The molecule has 1 aliphatic heterocycles. The average Bonchev–Trinajstić information content (AvgIpc) is 3.33. The number of nitrogens with one attached hydrogen (secondary N) is 1. The molecule has 1 aliphatic rings. The van der Waals surface area contributed by atoms with Gasteiger partial charge in [-0.05, 0) is 44.3 Å². The molecule has 1 N–H and O–H groups in total. The standard InChI is InChI=1S/C26H30N10O/c1-4-27-26-29-15-23-24(30-26)34(3)12-13-35(25(23)37)21-9-7-10-22(14-21)36-18-20(31-32-36)17-33(2)16-19-8-5-6-11-28-19/h5-11,14-15,18H,4,12-13,16-17H2,1-3H3,(H,27,29,30). The molecule has 0 atom stereocenters. The van der Waals surface area contributed by atoms with Gasteiger partial charge in [-0.25, -0.2) is 9.67 Å². The number of nitrogens with zero attached hydrogens (tertiary/aromatic N) is 9. The summed E-state index contributed by atoms with van der Waals surface area (Å²) in [6.07, 6.45) is 5.32. The largest absolute Gasteiger partial charge is 0.357 e. The van der Waals surface area contributed by atoms with E-state index in [-0.39, 0.29) is 5.91 Å². The second kappa shape index (κ2) is 10.7. The van der Waals surface area contributed by atoms with Gasteiger partial charge in [-0.15, -0.1) is 5.10 Å². The molecule has 190 valence electrons. The second-order valence-electron chi connectivity index (χ2n) is 9.01. The molecule has 0 spiro atoms. The molecule has 1 aromatic carbocycles. The van der Waals surface area contributed by atoms with Crippen LogP contribution in [0.3, 0.4) is 0 Å². The minimum atomic E-state index is -0.130. The first kappa shape index (κ1) is 24.3. The Morgan fingerprint density at radius 1 is 1.03 bits per heavy atom. The Labute approximate surface area is 215 Å². The highest BCUT2D eigenvalue weighted by Gasteiger charge is 2.28. The molecule has 0 aliphatic carbocycles. The number of likely N-dealkylation sites (N-methyl/N-ethyl adjacent to an activating group) is 1. The highest BCUT2D eigenvalue weighted by molar-refractivity contribution is 6.09. The number of pyridine rings is 1. The van der Waals surface area contributed by atoms with Crippen LogP contribution in [0.1, 0.15) is 28.7 Å². The SMILES string of the molecule is CCNc1ncc2c(n1)N(C)CCN(c1cccc(-n3cc(CN(C)Cc4ccccn4)nn3)c1)C2=O. The van der Waals surface area contributed by atoms with Gasteiger partial charge >= 0.3 is 0 Å². The lowest BCUT2D eigenvalue weighted by molar-refractivity contribution is 0.0989. The van der Waals surface area contributed by atoms with Crippen LogP contribution in [0.25, 0.3) is 5.69 Å². The third kappa shape index (κ3) is 5.41. The first-order chi connectivity index (χ1) is 18.0. The number of fused-ring (bicyclic) bond motifs is 1. The molecule has 3 aromatic heterocycles. The zero-order valence-electron chi connectivity index (χ0n) is 21.2. The normalized spacial score (nSPS) is 13.6. The van der Waals surface area contributed by atoms with Gasteiger partial charge in [0, 0.05) is 57.9 Å². The summed E-state index contributed by atoms with van der Waals surface area (Å²) < 4.78 is 1.74. The lowest BCUT2D eigenvalue weighted by Crippen LogP contribution is -2.33. The van der Waals surface area contributed by atoms with Gasteiger partial charge in [-0.1, -0.05) is 17.3 Å². The van der Waals surface area contributed by atoms with Gasteiger partial charge in [0.15, 0.2) is 0 Å². The Morgan fingerprint density at radius 3 is 2.68 bits per heavy atom. The van der Waals surface area contributed by atoms with Gasteiger partial charge < -0.3 is 15.1 Å². The molecule has 4 aromatic rings. The summed E-state index contributed by atoms with van der Waals surface area (Å²) in [7, 11) is 3.97. The van der Waals surface area contributed by atoms with Crippen LogP contribution in [0.4, 0.5) is 17.5 Å². The van der Waals surface area contributed by atoms with Gasteiger partial charge in [0.1, 0.15) is 11.4 Å². The minimum absolute atomic E-state index is 0.130. The van der Waals surface area contributed by atoms with E-state index in [0.717, 1.165) is 29.3 Å². The molecule has 11 nitrogen and oxygen atoms in total. The number of amides is 1. The van der Waals surface area contributed by atoms with Crippen LogP contribution in [-0.4, -0.2) is 74.5 Å². The molecule has 11 heteroatoms. The molecule has 0 saturated carbocycles. The summed E-state index contributed by atoms with van der Waals surface area (Å²) >= 11 is 0. The van der Waals surface area contributed by atoms with Gasteiger partial charge in [0.25, 0.3) is 5.91 Å². The summed E-state index contributed by atoms with van der Waals surface area (Å²) in [4.78, 5) is 32.7. The number of carbonyl (C=O) groups is 1. The molecule has 0 bridgehead atoms. The van der Waals surface area contributed by atoms with Crippen molar-refractivity contribution in [3.05, 3.63) is 78.0 Å². The Kier molecular flexibility index (Phi) is 7.04. The number of benzene rings is 1. The van der Waals surface area contributed by atoms with E-state index in [1.54, 1.807) is 22.0 Å². The number of hydrogen-bond acceptors (Lipinski definition) is 9. The van der Waals surface area contributed by atoms with E-state index < -0.39 is 0 Å². The fraction of sp³-hybridized carbons (Fsp3) is 0.308. The van der Waals surface area contributed by atoms with Crippen molar-refractivity contribution in [3.63, 3.8) is 0 Å². The summed E-state index contributed by atoms with van der Waals surface area (Å²) in [5.41, 5.74) is 3.93. The molecule has 0 unspecified atom stereocenters. The van der Waals surface area contributed by atoms with E-state index in [1.807, 2.05) is 74.6 Å². The van der Waals surface area contributed by atoms with Crippen molar-refractivity contribution in [2.45, 2.75) is 20.0 Å². The minimum Gasteiger partial charge on any atom is -0.357 e. The van der Waals surface area contributed by atoms with Gasteiger partial charge in [-0.3, -0.25) is 14.7 Å². The lowest BCUT2D eigenvalue weighted by Gasteiger charge is -2.21. The smallest absolute Gasteiger partial charge is 0.263 e. The molecule has 37 heavy (non-hydrogen) atoms. The monoisotopic (exact) mass is 498 g/mol. The van der Waals surface area contributed by atoms with Crippen molar-refractivity contribution in [1.82, 2.24) is 34.8 Å².